The highest BCUT2D eigenvalue weighted by molar-refractivity contribution is 6.14. The number of ketones is 1. The maximum atomic E-state index is 14.3. The molecule has 0 aliphatic carbocycles. The number of halogens is 1. The van der Waals surface area contributed by atoms with E-state index in [0.29, 0.717) is 33.7 Å². The topological polar surface area (TPSA) is 44.1 Å². The molecule has 0 saturated carbocycles. The molecule has 5 rings (SSSR count). The Morgan fingerprint density at radius 2 is 1.81 bits per heavy atom. The van der Waals surface area contributed by atoms with Crippen molar-refractivity contribution in [2.24, 2.45) is 0 Å². The van der Waals surface area contributed by atoms with Crippen LogP contribution >= 0.6 is 0 Å². The zero-order chi connectivity index (χ0) is 21.5. The molecular formula is C26H19FN2O2. The van der Waals surface area contributed by atoms with Crippen LogP contribution in [0.1, 0.15) is 27.0 Å². The molecule has 0 fully saturated rings. The highest BCUT2D eigenvalue weighted by Gasteiger charge is 2.28. The van der Waals surface area contributed by atoms with Gasteiger partial charge in [0.1, 0.15) is 17.3 Å². The average molecular weight is 410 g/mol. The van der Waals surface area contributed by atoms with E-state index in [1.807, 2.05) is 61.7 Å². The lowest BCUT2D eigenvalue weighted by Gasteiger charge is -2.03. The van der Waals surface area contributed by atoms with Gasteiger partial charge in [-0.15, -0.1) is 0 Å². The smallest absolute Gasteiger partial charge is 0.231 e. The number of aromatic nitrogens is 2. The van der Waals surface area contributed by atoms with Crippen LogP contribution in [0.3, 0.4) is 0 Å². The van der Waals surface area contributed by atoms with E-state index in [9.17, 15) is 9.18 Å². The number of nitrogens with zero attached hydrogens (tertiary/aromatic N) is 2. The number of hydrogen-bond donors (Lipinski definition) is 0. The molecule has 0 saturated heterocycles. The molecule has 152 valence electrons. The summed E-state index contributed by atoms with van der Waals surface area (Å²) < 4.78 is 21.8. The van der Waals surface area contributed by atoms with Crippen molar-refractivity contribution in [3.63, 3.8) is 0 Å². The van der Waals surface area contributed by atoms with E-state index in [4.69, 9.17) is 9.84 Å². The summed E-state index contributed by atoms with van der Waals surface area (Å²) in [7, 11) is 0. The molecule has 0 spiro atoms. The first-order valence-corrected chi connectivity index (χ1v) is 9.96. The van der Waals surface area contributed by atoms with Gasteiger partial charge in [-0.05, 0) is 55.8 Å². The quantitative estimate of drug-likeness (QED) is 0.394. The maximum absolute atomic E-state index is 14.3. The van der Waals surface area contributed by atoms with Gasteiger partial charge in [0.2, 0.25) is 5.78 Å². The summed E-state index contributed by atoms with van der Waals surface area (Å²) in [5.74, 6) is 0.288. The van der Waals surface area contributed by atoms with Crippen LogP contribution in [-0.2, 0) is 0 Å². The van der Waals surface area contributed by atoms with Gasteiger partial charge < -0.3 is 4.74 Å². The molecule has 2 heterocycles. The molecule has 4 aromatic rings. The van der Waals surface area contributed by atoms with Crippen LogP contribution in [0.4, 0.5) is 4.39 Å². The molecule has 1 aliphatic rings. The van der Waals surface area contributed by atoms with Gasteiger partial charge in [0.25, 0.3) is 0 Å². The van der Waals surface area contributed by atoms with E-state index in [-0.39, 0.29) is 17.4 Å². The van der Waals surface area contributed by atoms with Crippen molar-refractivity contribution in [1.82, 2.24) is 9.78 Å². The van der Waals surface area contributed by atoms with Crippen molar-refractivity contribution in [3.05, 3.63) is 107 Å². The van der Waals surface area contributed by atoms with Crippen molar-refractivity contribution < 1.29 is 13.9 Å². The predicted molar refractivity (Wildman–Crippen MR) is 118 cm³/mol. The second-order valence-electron chi connectivity index (χ2n) is 7.62. The fourth-order valence-electron chi connectivity index (χ4n) is 3.61. The minimum Gasteiger partial charge on any atom is -0.452 e. The largest absolute Gasteiger partial charge is 0.452 e. The van der Waals surface area contributed by atoms with Gasteiger partial charge in [0.05, 0.1) is 11.3 Å². The number of carbonyl (C=O) groups excluding carboxylic acids is 1. The van der Waals surface area contributed by atoms with Crippen molar-refractivity contribution in [1.29, 1.82) is 0 Å². The van der Waals surface area contributed by atoms with E-state index in [0.717, 1.165) is 11.3 Å². The van der Waals surface area contributed by atoms with Crippen molar-refractivity contribution in [3.8, 4) is 22.7 Å². The van der Waals surface area contributed by atoms with Crippen LogP contribution in [0.2, 0.25) is 0 Å². The number of para-hydroxylation sites is 1. The van der Waals surface area contributed by atoms with Gasteiger partial charge in [-0.3, -0.25) is 4.79 Å². The number of ether oxygens (including phenoxy) is 1. The second kappa shape index (κ2) is 7.36. The van der Waals surface area contributed by atoms with Gasteiger partial charge in [-0.1, -0.05) is 42.0 Å². The van der Waals surface area contributed by atoms with Crippen LogP contribution in [0.15, 0.2) is 78.7 Å². The summed E-state index contributed by atoms with van der Waals surface area (Å²) >= 11 is 0. The Bertz CT molecular complexity index is 1350. The Kier molecular flexibility index (Phi) is 4.51. The maximum Gasteiger partial charge on any atom is 0.231 e. The molecule has 0 bridgehead atoms. The lowest BCUT2D eigenvalue weighted by molar-refractivity contribution is 0.101. The molecule has 31 heavy (non-hydrogen) atoms. The van der Waals surface area contributed by atoms with Crippen LogP contribution in [0.5, 0.6) is 5.75 Å². The van der Waals surface area contributed by atoms with Gasteiger partial charge in [0, 0.05) is 17.3 Å². The van der Waals surface area contributed by atoms with Crippen molar-refractivity contribution in [2.75, 3.05) is 0 Å². The molecule has 0 unspecified atom stereocenters. The summed E-state index contributed by atoms with van der Waals surface area (Å²) in [6.07, 6.45) is 3.50. The minimum absolute atomic E-state index is 0.174. The standard InChI is InChI=1S/C26H19FN2O2/c1-16-8-11-23-21(12-16)26(30)24(31-23)14-19-15-29(20-6-4-3-5-7-20)28-25(19)18-10-9-17(2)22(27)13-18/h3-15H,1-2H3/b24-14-. The minimum atomic E-state index is -0.304. The van der Waals surface area contributed by atoms with E-state index in [2.05, 4.69) is 0 Å². The molecule has 1 aliphatic heterocycles. The van der Waals surface area contributed by atoms with Crippen LogP contribution in [-0.4, -0.2) is 15.6 Å². The number of fused-ring (bicyclic) bond motifs is 1. The summed E-state index contributed by atoms with van der Waals surface area (Å²) in [4.78, 5) is 12.9. The Hall–Kier alpha value is -3.99. The number of aryl methyl sites for hydroxylation is 2. The van der Waals surface area contributed by atoms with Gasteiger partial charge in [0.15, 0.2) is 5.76 Å². The number of carbonyl (C=O) groups is 1. The lowest BCUT2D eigenvalue weighted by atomic mass is 10.0. The fraction of sp³-hybridized carbons (Fsp3) is 0.0769. The number of benzene rings is 3. The fourth-order valence-corrected chi connectivity index (χ4v) is 3.61. The third-order valence-electron chi connectivity index (χ3n) is 5.32. The number of rotatable bonds is 3. The van der Waals surface area contributed by atoms with Crippen molar-refractivity contribution >= 4 is 11.9 Å². The predicted octanol–water partition coefficient (Wildman–Crippen LogP) is 5.91. The van der Waals surface area contributed by atoms with Crippen molar-refractivity contribution in [2.45, 2.75) is 13.8 Å². The van der Waals surface area contributed by atoms with Gasteiger partial charge in [-0.2, -0.15) is 5.10 Å². The number of Topliss-reactive ketones (excluding diaryl/α,β-unsaturated/α-hetero) is 1. The van der Waals surface area contributed by atoms with E-state index >= 15 is 0 Å². The number of hydrogen-bond acceptors (Lipinski definition) is 3. The zero-order valence-electron chi connectivity index (χ0n) is 17.1. The van der Waals surface area contributed by atoms with E-state index in [1.165, 1.54) is 6.07 Å². The first kappa shape index (κ1) is 19.0. The Balaban J connectivity index is 1.64. The molecule has 5 heteroatoms. The summed E-state index contributed by atoms with van der Waals surface area (Å²) in [6.45, 7) is 3.65. The van der Waals surface area contributed by atoms with Gasteiger partial charge >= 0.3 is 0 Å². The number of allylic oxidation sites excluding steroid dienone is 1. The highest BCUT2D eigenvalue weighted by Crippen LogP contribution is 2.34. The third-order valence-corrected chi connectivity index (χ3v) is 5.32. The highest BCUT2D eigenvalue weighted by atomic mass is 19.1. The van der Waals surface area contributed by atoms with Crippen LogP contribution < -0.4 is 4.74 Å². The Morgan fingerprint density at radius 3 is 2.58 bits per heavy atom. The van der Waals surface area contributed by atoms with E-state index in [1.54, 1.807) is 29.8 Å². The normalized spacial score (nSPS) is 14.0. The molecule has 4 nitrogen and oxygen atoms in total. The molecule has 0 N–H and O–H groups in total. The molecular weight excluding hydrogens is 391 g/mol. The molecule has 3 aromatic carbocycles. The van der Waals surface area contributed by atoms with Gasteiger partial charge in [-0.25, -0.2) is 9.07 Å². The van der Waals surface area contributed by atoms with Crippen LogP contribution in [0, 0.1) is 19.7 Å². The Labute approximate surface area is 179 Å². The summed E-state index contributed by atoms with van der Waals surface area (Å²) in [6, 6.07) is 20.2. The first-order valence-electron chi connectivity index (χ1n) is 9.96. The second-order valence-corrected chi connectivity index (χ2v) is 7.62. The average Bonchev–Trinajstić information content (AvgIpc) is 3.33. The zero-order valence-corrected chi connectivity index (χ0v) is 17.1. The molecule has 0 radical (unpaired) electrons. The lowest BCUT2D eigenvalue weighted by Crippen LogP contribution is -1.98. The first-order chi connectivity index (χ1) is 15.0. The van der Waals surface area contributed by atoms with E-state index < -0.39 is 0 Å². The summed E-state index contributed by atoms with van der Waals surface area (Å²) in [5.41, 5.74) is 4.82. The molecule has 1 aromatic heterocycles. The third kappa shape index (κ3) is 3.44. The SMILES string of the molecule is Cc1ccc2c(c1)C(=O)/C(=C/c1cn(-c3ccccc3)nc1-c1ccc(C)c(F)c1)O2. The molecule has 0 atom stereocenters. The Morgan fingerprint density at radius 1 is 1.00 bits per heavy atom. The molecule has 0 amide bonds. The van der Waals surface area contributed by atoms with Crippen LogP contribution in [0.25, 0.3) is 23.0 Å². The summed E-state index contributed by atoms with van der Waals surface area (Å²) in [5, 5.41) is 4.69. The monoisotopic (exact) mass is 410 g/mol.